The third-order valence-electron chi connectivity index (χ3n) is 4.71. The molecule has 6 nitrogen and oxygen atoms in total. The standard InChI is InChI=1S/C19H19ClN4O2/c1-10-11(2)26-19(21-10)24-18-22-14-8-5-9-15(25)16(14)17(23-18)12-6-3-4-7-13(12)20/h3-4,6-7,17H,5,8-9H2,1-2H3,(H2,21,22,23,24). The highest BCUT2D eigenvalue weighted by Crippen LogP contribution is 2.38. The fourth-order valence-electron chi connectivity index (χ4n) is 3.29. The second-order valence-corrected chi connectivity index (χ2v) is 6.89. The molecule has 134 valence electrons. The highest BCUT2D eigenvalue weighted by molar-refractivity contribution is 6.31. The molecule has 0 fully saturated rings. The first-order valence-corrected chi connectivity index (χ1v) is 8.97. The maximum Gasteiger partial charge on any atom is 0.301 e. The van der Waals surface area contributed by atoms with Crippen molar-refractivity contribution in [3.63, 3.8) is 0 Å². The minimum absolute atomic E-state index is 0.120. The van der Waals surface area contributed by atoms with Crippen molar-refractivity contribution in [2.75, 3.05) is 5.32 Å². The largest absolute Gasteiger partial charge is 0.428 e. The van der Waals surface area contributed by atoms with Crippen LogP contribution in [0.3, 0.4) is 0 Å². The van der Waals surface area contributed by atoms with Crippen LogP contribution in [-0.4, -0.2) is 16.7 Å². The van der Waals surface area contributed by atoms with Gasteiger partial charge in [-0.1, -0.05) is 29.8 Å². The van der Waals surface area contributed by atoms with Gasteiger partial charge in [0.15, 0.2) is 5.78 Å². The van der Waals surface area contributed by atoms with Gasteiger partial charge in [-0.2, -0.15) is 4.98 Å². The zero-order valence-corrected chi connectivity index (χ0v) is 15.4. The van der Waals surface area contributed by atoms with E-state index in [0.717, 1.165) is 35.6 Å². The van der Waals surface area contributed by atoms with Crippen molar-refractivity contribution in [2.45, 2.75) is 39.2 Å². The molecule has 0 saturated heterocycles. The molecule has 0 radical (unpaired) electrons. The molecule has 4 rings (SSSR count). The molecule has 1 aromatic carbocycles. The quantitative estimate of drug-likeness (QED) is 0.833. The van der Waals surface area contributed by atoms with E-state index < -0.39 is 6.04 Å². The summed E-state index contributed by atoms with van der Waals surface area (Å²) >= 11 is 6.39. The Balaban J connectivity index is 1.74. The number of aryl methyl sites for hydroxylation is 2. The number of nitrogens with zero attached hydrogens (tertiary/aromatic N) is 2. The van der Waals surface area contributed by atoms with E-state index in [1.54, 1.807) is 0 Å². The maximum absolute atomic E-state index is 12.6. The number of benzene rings is 1. The first-order valence-electron chi connectivity index (χ1n) is 8.59. The summed E-state index contributed by atoms with van der Waals surface area (Å²) in [7, 11) is 0. The average molecular weight is 371 g/mol. The van der Waals surface area contributed by atoms with Crippen LogP contribution in [0.5, 0.6) is 0 Å². The third-order valence-corrected chi connectivity index (χ3v) is 5.05. The first kappa shape index (κ1) is 16.8. The van der Waals surface area contributed by atoms with E-state index >= 15 is 0 Å². The van der Waals surface area contributed by atoms with Gasteiger partial charge in [0.1, 0.15) is 11.8 Å². The predicted octanol–water partition coefficient (Wildman–Crippen LogP) is 4.06. The molecule has 0 saturated carbocycles. The summed E-state index contributed by atoms with van der Waals surface area (Å²) in [6.45, 7) is 3.74. The molecule has 2 heterocycles. The molecule has 2 aromatic rings. The van der Waals surface area contributed by atoms with Crippen molar-refractivity contribution in [1.82, 2.24) is 10.3 Å². The second-order valence-electron chi connectivity index (χ2n) is 6.48. The number of Topliss-reactive ketones (excluding diaryl/α,β-unsaturated/α-hetero) is 1. The summed E-state index contributed by atoms with van der Waals surface area (Å²) in [6.07, 6.45) is 2.16. The maximum atomic E-state index is 12.6. The second kappa shape index (κ2) is 6.61. The molecular weight excluding hydrogens is 352 g/mol. The molecule has 1 aliphatic heterocycles. The van der Waals surface area contributed by atoms with Gasteiger partial charge in [0.05, 0.1) is 5.69 Å². The average Bonchev–Trinajstić information content (AvgIpc) is 2.92. The summed E-state index contributed by atoms with van der Waals surface area (Å²) in [6, 6.07) is 7.43. The van der Waals surface area contributed by atoms with E-state index in [2.05, 4.69) is 15.6 Å². The van der Waals surface area contributed by atoms with Crippen molar-refractivity contribution in [2.24, 2.45) is 4.99 Å². The van der Waals surface area contributed by atoms with Crippen LogP contribution in [0.4, 0.5) is 6.01 Å². The lowest BCUT2D eigenvalue weighted by molar-refractivity contribution is -0.116. The Bertz CT molecular complexity index is 925. The van der Waals surface area contributed by atoms with Crippen LogP contribution in [0.25, 0.3) is 0 Å². The Kier molecular flexibility index (Phi) is 4.28. The molecule has 26 heavy (non-hydrogen) atoms. The molecule has 2 N–H and O–H groups in total. The zero-order valence-electron chi connectivity index (χ0n) is 14.6. The van der Waals surface area contributed by atoms with Crippen molar-refractivity contribution in [3.8, 4) is 0 Å². The van der Waals surface area contributed by atoms with Crippen LogP contribution >= 0.6 is 11.6 Å². The van der Waals surface area contributed by atoms with Crippen LogP contribution in [0.1, 0.15) is 42.3 Å². The number of hydrogen-bond donors (Lipinski definition) is 2. The van der Waals surface area contributed by atoms with Crippen molar-refractivity contribution in [3.05, 3.63) is 57.6 Å². The van der Waals surface area contributed by atoms with E-state index in [9.17, 15) is 4.79 Å². The van der Waals surface area contributed by atoms with Crippen LogP contribution in [0.2, 0.25) is 5.02 Å². The Morgan fingerprint density at radius 3 is 2.81 bits per heavy atom. The van der Waals surface area contributed by atoms with Crippen LogP contribution < -0.4 is 10.6 Å². The number of anilines is 1. The monoisotopic (exact) mass is 370 g/mol. The van der Waals surface area contributed by atoms with Gasteiger partial charge in [-0.3, -0.25) is 10.1 Å². The lowest BCUT2D eigenvalue weighted by Gasteiger charge is -2.30. The lowest BCUT2D eigenvalue weighted by atomic mass is 9.86. The van der Waals surface area contributed by atoms with Gasteiger partial charge in [0.25, 0.3) is 0 Å². The molecule has 1 aromatic heterocycles. The minimum Gasteiger partial charge on any atom is -0.428 e. The molecule has 1 aliphatic carbocycles. The van der Waals surface area contributed by atoms with E-state index in [4.69, 9.17) is 21.0 Å². The summed E-state index contributed by atoms with van der Waals surface area (Å²) < 4.78 is 5.59. The van der Waals surface area contributed by atoms with Crippen molar-refractivity contribution < 1.29 is 9.21 Å². The number of carbonyl (C=O) groups excluding carboxylic acids is 1. The van der Waals surface area contributed by atoms with Gasteiger partial charge in [0, 0.05) is 22.7 Å². The van der Waals surface area contributed by atoms with Gasteiger partial charge >= 0.3 is 6.01 Å². The van der Waals surface area contributed by atoms with E-state index in [-0.39, 0.29) is 5.78 Å². The number of oxazole rings is 1. The number of ketones is 1. The van der Waals surface area contributed by atoms with Crippen LogP contribution in [0, 0.1) is 13.8 Å². The van der Waals surface area contributed by atoms with Gasteiger partial charge in [-0.05, 0) is 38.3 Å². The van der Waals surface area contributed by atoms with Gasteiger partial charge in [0.2, 0.25) is 5.96 Å². The number of carbonyl (C=O) groups is 1. The molecule has 0 bridgehead atoms. The fraction of sp³-hybridized carbons (Fsp3) is 0.316. The van der Waals surface area contributed by atoms with Crippen LogP contribution in [0.15, 0.2) is 44.9 Å². The Morgan fingerprint density at radius 2 is 2.08 bits per heavy atom. The van der Waals surface area contributed by atoms with Crippen molar-refractivity contribution >= 4 is 29.4 Å². The minimum atomic E-state index is -0.438. The highest BCUT2D eigenvalue weighted by Gasteiger charge is 2.33. The van der Waals surface area contributed by atoms with Crippen LogP contribution in [-0.2, 0) is 4.79 Å². The van der Waals surface area contributed by atoms with Crippen molar-refractivity contribution in [1.29, 1.82) is 0 Å². The topological polar surface area (TPSA) is 79.5 Å². The normalized spacial score (nSPS) is 19.7. The predicted molar refractivity (Wildman–Crippen MR) is 100 cm³/mol. The molecule has 2 aliphatic rings. The summed E-state index contributed by atoms with van der Waals surface area (Å²) in [5.74, 6) is 1.37. The summed E-state index contributed by atoms with van der Waals surface area (Å²) in [4.78, 5) is 21.6. The number of halogens is 1. The molecular formula is C19H19ClN4O2. The number of aromatic nitrogens is 1. The van der Waals surface area contributed by atoms with Gasteiger partial charge in [-0.25, -0.2) is 4.99 Å². The number of hydrogen-bond acceptors (Lipinski definition) is 6. The molecule has 1 unspecified atom stereocenters. The molecule has 1 atom stereocenters. The number of guanidine groups is 1. The molecule has 7 heteroatoms. The fourth-order valence-corrected chi connectivity index (χ4v) is 3.53. The van der Waals surface area contributed by atoms with Gasteiger partial charge < -0.3 is 9.73 Å². The van der Waals surface area contributed by atoms with E-state index in [1.807, 2.05) is 38.1 Å². The molecule has 0 amide bonds. The third kappa shape index (κ3) is 3.01. The van der Waals surface area contributed by atoms with E-state index in [0.29, 0.717) is 29.0 Å². The molecule has 0 spiro atoms. The highest BCUT2D eigenvalue weighted by atomic mass is 35.5. The Morgan fingerprint density at radius 1 is 1.27 bits per heavy atom. The Hall–Kier alpha value is -2.60. The summed E-state index contributed by atoms with van der Waals surface area (Å²) in [5, 5.41) is 6.91. The smallest absolute Gasteiger partial charge is 0.301 e. The lowest BCUT2D eigenvalue weighted by Crippen LogP contribution is -2.38. The van der Waals surface area contributed by atoms with Gasteiger partial charge in [-0.15, -0.1) is 0 Å². The number of nitrogens with one attached hydrogen (secondary N) is 2. The zero-order chi connectivity index (χ0) is 18.3. The Labute approximate surface area is 156 Å². The SMILES string of the molecule is Cc1nc(NC2=NC(c3ccccc3Cl)C3=C(CCCC3=O)N2)oc1C. The first-order chi connectivity index (χ1) is 12.5. The number of rotatable bonds is 2. The number of aliphatic imine (C=N–C) groups is 1. The van der Waals surface area contributed by atoms with E-state index in [1.165, 1.54) is 0 Å². The summed E-state index contributed by atoms with van der Waals surface area (Å²) in [5.41, 5.74) is 3.23. The number of allylic oxidation sites excluding steroid dienone is 1.